The number of benzene rings is 1. The third kappa shape index (κ3) is 2.91. The lowest BCUT2D eigenvalue weighted by Crippen LogP contribution is -2.22. The van der Waals surface area contributed by atoms with Gasteiger partial charge in [-0.25, -0.2) is 0 Å². The minimum absolute atomic E-state index is 0.0446. The molecular formula is C16H23NO2. The van der Waals surface area contributed by atoms with Crippen LogP contribution in [0, 0.1) is 0 Å². The molecule has 104 valence electrons. The molecule has 1 unspecified atom stereocenters. The van der Waals surface area contributed by atoms with Crippen LogP contribution in [0.3, 0.4) is 0 Å². The molecule has 0 saturated carbocycles. The summed E-state index contributed by atoms with van der Waals surface area (Å²) >= 11 is 0. The molecule has 0 fully saturated rings. The van der Waals surface area contributed by atoms with Crippen LogP contribution < -0.4 is 10.1 Å². The van der Waals surface area contributed by atoms with E-state index in [2.05, 4.69) is 31.3 Å². The van der Waals surface area contributed by atoms with E-state index < -0.39 is 0 Å². The van der Waals surface area contributed by atoms with Gasteiger partial charge in [-0.1, -0.05) is 19.9 Å². The highest BCUT2D eigenvalue weighted by Crippen LogP contribution is 2.48. The molecule has 0 radical (unpaired) electrons. The number of hydrogen-bond donors (Lipinski definition) is 1. The van der Waals surface area contributed by atoms with Gasteiger partial charge in [-0.3, -0.25) is 4.79 Å². The van der Waals surface area contributed by atoms with Crippen LogP contribution in [0.2, 0.25) is 0 Å². The molecule has 3 heteroatoms. The van der Waals surface area contributed by atoms with Crippen molar-refractivity contribution in [3.8, 4) is 5.75 Å². The van der Waals surface area contributed by atoms with Gasteiger partial charge in [0.1, 0.15) is 5.75 Å². The lowest BCUT2D eigenvalue weighted by atomic mass is 9.86. The number of fused-ring (bicyclic) bond motifs is 1. The summed E-state index contributed by atoms with van der Waals surface area (Å²) in [5, 5.41) is 2.89. The van der Waals surface area contributed by atoms with Crippen molar-refractivity contribution in [3.05, 3.63) is 29.3 Å². The van der Waals surface area contributed by atoms with Crippen LogP contribution in [0.4, 0.5) is 0 Å². The topological polar surface area (TPSA) is 38.3 Å². The van der Waals surface area contributed by atoms with Crippen molar-refractivity contribution in [1.82, 2.24) is 5.32 Å². The van der Waals surface area contributed by atoms with E-state index in [1.807, 2.05) is 6.07 Å². The van der Waals surface area contributed by atoms with Crippen LogP contribution in [0.15, 0.2) is 18.2 Å². The van der Waals surface area contributed by atoms with Crippen LogP contribution in [0.5, 0.6) is 5.75 Å². The molecule has 1 N–H and O–H groups in total. The maximum atomic E-state index is 11.0. The van der Waals surface area contributed by atoms with E-state index in [1.165, 1.54) is 11.1 Å². The van der Waals surface area contributed by atoms with E-state index >= 15 is 0 Å². The first-order chi connectivity index (χ1) is 8.94. The first-order valence-electron chi connectivity index (χ1n) is 6.87. The zero-order valence-corrected chi connectivity index (χ0v) is 12.2. The van der Waals surface area contributed by atoms with Gasteiger partial charge in [0, 0.05) is 13.5 Å². The Morgan fingerprint density at radius 3 is 2.84 bits per heavy atom. The van der Waals surface area contributed by atoms with Crippen LogP contribution in [-0.2, 0) is 10.2 Å². The summed E-state index contributed by atoms with van der Waals surface area (Å²) in [5.74, 6) is 1.47. The first-order valence-corrected chi connectivity index (χ1v) is 6.87. The molecule has 0 saturated heterocycles. The molecule has 1 aromatic carbocycles. The minimum Gasteiger partial charge on any atom is -0.497 e. The number of hydrogen-bond acceptors (Lipinski definition) is 2. The highest BCUT2D eigenvalue weighted by Gasteiger charge is 2.36. The van der Waals surface area contributed by atoms with Gasteiger partial charge < -0.3 is 10.1 Å². The molecule has 2 rings (SSSR count). The summed E-state index contributed by atoms with van der Waals surface area (Å²) in [5.41, 5.74) is 3.01. The van der Waals surface area contributed by atoms with E-state index in [1.54, 1.807) is 14.0 Å². The van der Waals surface area contributed by atoms with Gasteiger partial charge in [0.05, 0.1) is 7.11 Å². The van der Waals surface area contributed by atoms with Crippen LogP contribution >= 0.6 is 0 Å². The van der Waals surface area contributed by atoms with E-state index in [0.29, 0.717) is 5.92 Å². The predicted octanol–water partition coefficient (Wildman–Crippen LogP) is 2.99. The third-order valence-electron chi connectivity index (χ3n) is 4.05. The van der Waals surface area contributed by atoms with Crippen LogP contribution in [0.1, 0.15) is 50.7 Å². The summed E-state index contributed by atoms with van der Waals surface area (Å²) in [6.07, 6.45) is 2.12. The fourth-order valence-electron chi connectivity index (χ4n) is 3.14. The lowest BCUT2D eigenvalue weighted by molar-refractivity contribution is -0.118. The maximum Gasteiger partial charge on any atom is 0.216 e. The second-order valence-corrected chi connectivity index (χ2v) is 6.01. The number of carbonyl (C=O) groups excluding carboxylic acids is 1. The van der Waals surface area contributed by atoms with Gasteiger partial charge in [0.25, 0.3) is 0 Å². The first kappa shape index (κ1) is 13.9. The summed E-state index contributed by atoms with van der Waals surface area (Å²) in [4.78, 5) is 11.0. The third-order valence-corrected chi connectivity index (χ3v) is 4.05. The van der Waals surface area contributed by atoms with Crippen molar-refractivity contribution in [2.45, 2.75) is 44.9 Å². The van der Waals surface area contributed by atoms with Crippen LogP contribution in [-0.4, -0.2) is 19.6 Å². The van der Waals surface area contributed by atoms with Crippen molar-refractivity contribution in [2.24, 2.45) is 0 Å². The molecule has 1 atom stereocenters. The Hall–Kier alpha value is -1.51. The lowest BCUT2D eigenvalue weighted by Gasteiger charge is -2.19. The van der Waals surface area contributed by atoms with Crippen molar-refractivity contribution in [2.75, 3.05) is 13.7 Å². The molecule has 3 nitrogen and oxygen atoms in total. The van der Waals surface area contributed by atoms with Gasteiger partial charge in [-0.2, -0.15) is 0 Å². The van der Waals surface area contributed by atoms with Gasteiger partial charge in [0.2, 0.25) is 5.91 Å². The SMILES string of the molecule is COc1ccc2c(c1)C(CCNC(C)=O)CC2(C)C. The molecule has 1 aliphatic carbocycles. The Morgan fingerprint density at radius 2 is 2.21 bits per heavy atom. The second kappa shape index (κ2) is 5.24. The van der Waals surface area contributed by atoms with E-state index in [9.17, 15) is 4.79 Å². The summed E-state index contributed by atoms with van der Waals surface area (Å²) in [6, 6.07) is 6.38. The van der Waals surface area contributed by atoms with Crippen LogP contribution in [0.25, 0.3) is 0 Å². The quantitative estimate of drug-likeness (QED) is 0.905. The van der Waals surface area contributed by atoms with Crippen molar-refractivity contribution in [1.29, 1.82) is 0 Å². The molecule has 1 aromatic rings. The molecule has 0 bridgehead atoms. The van der Waals surface area contributed by atoms with E-state index in [0.717, 1.165) is 25.1 Å². The standard InChI is InChI=1S/C16H23NO2/c1-11(18)17-8-7-12-10-16(2,3)15-6-5-13(19-4)9-14(12)15/h5-6,9,12H,7-8,10H2,1-4H3,(H,17,18). The number of amides is 1. The average Bonchev–Trinajstić information content (AvgIpc) is 2.60. The Kier molecular flexibility index (Phi) is 3.83. The van der Waals surface area contributed by atoms with Crippen molar-refractivity contribution < 1.29 is 9.53 Å². The minimum atomic E-state index is 0.0446. The fourth-order valence-corrected chi connectivity index (χ4v) is 3.14. The smallest absolute Gasteiger partial charge is 0.216 e. The highest BCUT2D eigenvalue weighted by atomic mass is 16.5. The van der Waals surface area contributed by atoms with Crippen molar-refractivity contribution in [3.63, 3.8) is 0 Å². The normalized spacial score (nSPS) is 19.9. The highest BCUT2D eigenvalue weighted by molar-refractivity contribution is 5.72. The van der Waals surface area contributed by atoms with Gasteiger partial charge in [0.15, 0.2) is 0 Å². The van der Waals surface area contributed by atoms with Gasteiger partial charge in [-0.15, -0.1) is 0 Å². The number of rotatable bonds is 4. The second-order valence-electron chi connectivity index (χ2n) is 6.01. The Balaban J connectivity index is 2.18. The molecule has 0 aromatic heterocycles. The molecular weight excluding hydrogens is 238 g/mol. The zero-order chi connectivity index (χ0) is 14.0. The molecule has 0 spiro atoms. The van der Waals surface area contributed by atoms with Gasteiger partial charge >= 0.3 is 0 Å². The molecule has 0 aliphatic heterocycles. The molecule has 0 heterocycles. The number of ether oxygens (including phenoxy) is 1. The van der Waals surface area contributed by atoms with E-state index in [4.69, 9.17) is 4.74 Å². The Morgan fingerprint density at radius 1 is 1.47 bits per heavy atom. The number of methoxy groups -OCH3 is 1. The monoisotopic (exact) mass is 261 g/mol. The van der Waals surface area contributed by atoms with Gasteiger partial charge in [-0.05, 0) is 47.4 Å². The summed E-state index contributed by atoms with van der Waals surface area (Å²) in [6.45, 7) is 6.88. The van der Waals surface area contributed by atoms with Crippen molar-refractivity contribution >= 4 is 5.91 Å². The van der Waals surface area contributed by atoms with E-state index in [-0.39, 0.29) is 11.3 Å². The largest absolute Gasteiger partial charge is 0.497 e. The summed E-state index contributed by atoms with van der Waals surface area (Å²) < 4.78 is 5.33. The zero-order valence-electron chi connectivity index (χ0n) is 12.2. The summed E-state index contributed by atoms with van der Waals surface area (Å²) in [7, 11) is 1.70. The predicted molar refractivity (Wildman–Crippen MR) is 76.7 cm³/mol. The molecule has 19 heavy (non-hydrogen) atoms. The Labute approximate surface area is 115 Å². The number of carbonyl (C=O) groups is 1. The molecule has 1 amide bonds. The number of nitrogens with one attached hydrogen (secondary N) is 1. The fraction of sp³-hybridized carbons (Fsp3) is 0.562. The Bertz CT molecular complexity index is 480. The maximum absolute atomic E-state index is 11.0. The molecule has 1 aliphatic rings. The average molecular weight is 261 g/mol.